The number of rotatable bonds is 7. The second-order valence-electron chi connectivity index (χ2n) is 7.65. The monoisotopic (exact) mass is 504 g/mol. The summed E-state index contributed by atoms with van der Waals surface area (Å²) in [4.78, 5) is 34.1. The Morgan fingerprint density at radius 2 is 1.97 bits per heavy atom. The molecular formula is C23H22Cl2N4O5. The van der Waals surface area contributed by atoms with Crippen LogP contribution < -0.4 is 14.8 Å². The summed E-state index contributed by atoms with van der Waals surface area (Å²) >= 11 is 12.8. The fourth-order valence-corrected chi connectivity index (χ4v) is 4.53. The summed E-state index contributed by atoms with van der Waals surface area (Å²) in [5.41, 5.74) is 1.11. The lowest BCUT2D eigenvalue weighted by molar-refractivity contribution is -0.117. The van der Waals surface area contributed by atoms with Crippen molar-refractivity contribution in [2.45, 2.75) is 12.5 Å². The third kappa shape index (κ3) is 4.46. The molecule has 1 aliphatic rings. The van der Waals surface area contributed by atoms with Crippen molar-refractivity contribution in [1.82, 2.24) is 19.9 Å². The van der Waals surface area contributed by atoms with Crippen LogP contribution in [0.5, 0.6) is 11.5 Å². The Morgan fingerprint density at radius 3 is 2.62 bits per heavy atom. The van der Waals surface area contributed by atoms with Gasteiger partial charge in [-0.2, -0.15) is 0 Å². The summed E-state index contributed by atoms with van der Waals surface area (Å²) in [5, 5.41) is 3.02. The Kier molecular flexibility index (Phi) is 7.06. The van der Waals surface area contributed by atoms with Gasteiger partial charge < -0.3 is 19.5 Å². The number of aromatic nitrogens is 3. The molecule has 0 radical (unpaired) electrons. The Bertz CT molecular complexity index is 1250. The molecule has 0 saturated carbocycles. The lowest BCUT2D eigenvalue weighted by Crippen LogP contribution is -2.39. The molecule has 3 heterocycles. The molecule has 3 aromatic rings. The number of hydrogen-bond acceptors (Lipinski definition) is 7. The summed E-state index contributed by atoms with van der Waals surface area (Å²) in [5.74, 6) is 0.391. The van der Waals surface area contributed by atoms with E-state index in [4.69, 9.17) is 37.4 Å². The number of methoxy groups -OCH3 is 2. The number of carbonyl (C=O) groups is 2. The van der Waals surface area contributed by atoms with E-state index in [1.54, 1.807) is 18.5 Å². The Hall–Kier alpha value is -3.14. The van der Waals surface area contributed by atoms with Gasteiger partial charge in [0.2, 0.25) is 5.91 Å². The second kappa shape index (κ2) is 10.0. The molecule has 178 valence electrons. The van der Waals surface area contributed by atoms with Gasteiger partial charge in [-0.3, -0.25) is 14.2 Å². The first-order chi connectivity index (χ1) is 16.4. The van der Waals surface area contributed by atoms with Crippen LogP contribution in [0.1, 0.15) is 16.2 Å². The Labute approximate surface area is 205 Å². The SMILES string of the molecule is C=CC(=O)NC1COCC1Cc1ncc2c(ccn2C(=O)c2c(Cl)c(OC)cc(OC)c2Cl)n1. The van der Waals surface area contributed by atoms with Crippen LogP contribution in [0, 0.1) is 5.92 Å². The van der Waals surface area contributed by atoms with Gasteiger partial charge in [0.05, 0.1) is 66.3 Å². The zero-order valence-corrected chi connectivity index (χ0v) is 20.0. The van der Waals surface area contributed by atoms with Gasteiger partial charge in [0, 0.05) is 24.6 Å². The summed E-state index contributed by atoms with van der Waals surface area (Å²) in [6.45, 7) is 4.38. The zero-order chi connectivity index (χ0) is 24.4. The number of carbonyl (C=O) groups excluding carboxylic acids is 2. The smallest absolute Gasteiger partial charge is 0.265 e. The number of nitrogens with zero attached hydrogens (tertiary/aromatic N) is 3. The minimum atomic E-state index is -0.477. The van der Waals surface area contributed by atoms with E-state index in [0.29, 0.717) is 36.5 Å². The Balaban J connectivity index is 1.63. The lowest BCUT2D eigenvalue weighted by atomic mass is 9.99. The van der Waals surface area contributed by atoms with Crippen LogP contribution in [0.4, 0.5) is 0 Å². The van der Waals surface area contributed by atoms with Gasteiger partial charge in [0.25, 0.3) is 5.91 Å². The molecule has 2 atom stereocenters. The summed E-state index contributed by atoms with van der Waals surface area (Å²) in [7, 11) is 2.87. The fraction of sp³-hybridized carbons (Fsp3) is 0.304. The van der Waals surface area contributed by atoms with Crippen LogP contribution in [0.3, 0.4) is 0 Å². The molecular weight excluding hydrogens is 483 g/mol. The first-order valence-corrected chi connectivity index (χ1v) is 11.1. The number of halogens is 2. The van der Waals surface area contributed by atoms with Crippen LogP contribution in [-0.2, 0) is 16.0 Å². The number of nitrogens with one attached hydrogen (secondary N) is 1. The van der Waals surface area contributed by atoms with Gasteiger partial charge in [-0.25, -0.2) is 9.97 Å². The van der Waals surface area contributed by atoms with Crippen LogP contribution in [0.2, 0.25) is 10.0 Å². The highest BCUT2D eigenvalue weighted by Crippen LogP contribution is 2.41. The number of ether oxygens (including phenoxy) is 3. The van der Waals surface area contributed by atoms with Gasteiger partial charge in [-0.05, 0) is 12.1 Å². The van der Waals surface area contributed by atoms with Crippen molar-refractivity contribution in [2.24, 2.45) is 5.92 Å². The van der Waals surface area contributed by atoms with Crippen molar-refractivity contribution in [3.63, 3.8) is 0 Å². The van der Waals surface area contributed by atoms with Crippen LogP contribution in [0.15, 0.2) is 37.2 Å². The molecule has 9 nitrogen and oxygen atoms in total. The van der Waals surface area contributed by atoms with Gasteiger partial charge in [0.1, 0.15) is 17.3 Å². The number of benzene rings is 1. The van der Waals surface area contributed by atoms with Gasteiger partial charge in [0.15, 0.2) is 0 Å². The first-order valence-electron chi connectivity index (χ1n) is 10.4. The molecule has 0 aliphatic carbocycles. The minimum absolute atomic E-state index is 0.0203. The maximum Gasteiger partial charge on any atom is 0.265 e. The summed E-state index contributed by atoms with van der Waals surface area (Å²) < 4.78 is 17.4. The summed E-state index contributed by atoms with van der Waals surface area (Å²) in [6, 6.07) is 3.07. The van der Waals surface area contributed by atoms with E-state index in [2.05, 4.69) is 21.9 Å². The van der Waals surface area contributed by atoms with Crippen LogP contribution in [-0.4, -0.2) is 59.8 Å². The molecule has 1 N–H and O–H groups in total. The molecule has 11 heteroatoms. The molecule has 1 saturated heterocycles. The summed E-state index contributed by atoms with van der Waals surface area (Å²) in [6.07, 6.45) is 4.88. The highest BCUT2D eigenvalue weighted by molar-refractivity contribution is 6.41. The van der Waals surface area contributed by atoms with Crippen molar-refractivity contribution in [3.8, 4) is 11.5 Å². The number of fused-ring (bicyclic) bond motifs is 1. The van der Waals surface area contributed by atoms with E-state index in [0.717, 1.165) is 0 Å². The van der Waals surface area contributed by atoms with E-state index in [9.17, 15) is 9.59 Å². The number of amides is 1. The van der Waals surface area contributed by atoms with Crippen molar-refractivity contribution in [1.29, 1.82) is 0 Å². The first kappa shape index (κ1) is 24.0. The average molecular weight is 505 g/mol. The van der Waals surface area contributed by atoms with Crippen molar-refractivity contribution >= 4 is 46.0 Å². The molecule has 34 heavy (non-hydrogen) atoms. The largest absolute Gasteiger partial charge is 0.495 e. The maximum absolute atomic E-state index is 13.4. The van der Waals surface area contributed by atoms with Crippen LogP contribution in [0.25, 0.3) is 11.0 Å². The highest BCUT2D eigenvalue weighted by atomic mass is 35.5. The van der Waals surface area contributed by atoms with Crippen molar-refractivity contribution in [2.75, 3.05) is 27.4 Å². The molecule has 0 spiro atoms. The number of hydrogen-bond donors (Lipinski definition) is 1. The molecule has 2 unspecified atom stereocenters. The molecule has 1 aromatic carbocycles. The van der Waals surface area contributed by atoms with Crippen molar-refractivity contribution in [3.05, 3.63) is 58.6 Å². The standard InChI is InChI=1S/C23H22Cl2N4O5/c1-4-19(30)28-14-11-34-10-12(14)7-18-26-9-15-13(27-18)5-6-29(15)23(31)20-21(24)16(32-2)8-17(33-3)22(20)25/h4-6,8-9,12,14H,1,7,10-11H2,2-3H3,(H,28,30). The van der Waals surface area contributed by atoms with E-state index in [1.165, 1.54) is 30.9 Å². The van der Waals surface area contributed by atoms with E-state index < -0.39 is 5.91 Å². The molecule has 1 fully saturated rings. The van der Waals surface area contributed by atoms with Crippen molar-refractivity contribution < 1.29 is 23.8 Å². The zero-order valence-electron chi connectivity index (χ0n) is 18.5. The quantitative estimate of drug-likeness (QED) is 0.492. The Morgan fingerprint density at radius 1 is 1.26 bits per heavy atom. The van der Waals surface area contributed by atoms with Crippen LogP contribution >= 0.6 is 23.2 Å². The average Bonchev–Trinajstić information content (AvgIpc) is 3.45. The molecule has 2 aromatic heterocycles. The van der Waals surface area contributed by atoms with Gasteiger partial charge in [-0.1, -0.05) is 29.8 Å². The lowest BCUT2D eigenvalue weighted by Gasteiger charge is -2.17. The van der Waals surface area contributed by atoms with E-state index in [-0.39, 0.29) is 45.0 Å². The second-order valence-corrected chi connectivity index (χ2v) is 8.41. The molecule has 0 bridgehead atoms. The predicted molar refractivity (Wildman–Crippen MR) is 127 cm³/mol. The third-order valence-corrected chi connectivity index (χ3v) is 6.40. The molecule has 1 aliphatic heterocycles. The molecule has 1 amide bonds. The minimum Gasteiger partial charge on any atom is -0.495 e. The molecule has 4 rings (SSSR count). The normalized spacial score (nSPS) is 17.5. The predicted octanol–water partition coefficient (Wildman–Crippen LogP) is 3.30. The van der Waals surface area contributed by atoms with Gasteiger partial charge >= 0.3 is 0 Å². The maximum atomic E-state index is 13.4. The fourth-order valence-electron chi connectivity index (χ4n) is 3.87. The van der Waals surface area contributed by atoms with E-state index in [1.807, 2.05) is 0 Å². The van der Waals surface area contributed by atoms with E-state index >= 15 is 0 Å². The van der Waals surface area contributed by atoms with Gasteiger partial charge in [-0.15, -0.1) is 0 Å². The topological polar surface area (TPSA) is 105 Å². The highest BCUT2D eigenvalue weighted by Gasteiger charge is 2.30. The third-order valence-electron chi connectivity index (χ3n) is 5.65.